The molecule has 0 bridgehead atoms. The molecule has 6 nitrogen and oxygen atoms in total. The molecular formula is C12H14N2O4S. The van der Waals surface area contributed by atoms with E-state index in [1.165, 1.54) is 0 Å². The number of nitrogens with zero attached hydrogens (tertiary/aromatic N) is 1. The average Bonchev–Trinajstić information content (AvgIpc) is 2.83. The first kappa shape index (κ1) is 12.4. The molecule has 0 spiro atoms. The fourth-order valence-corrected chi connectivity index (χ4v) is 3.61. The van der Waals surface area contributed by atoms with Crippen molar-refractivity contribution in [3.05, 3.63) is 18.2 Å². The molecule has 1 aromatic carbocycles. The van der Waals surface area contributed by atoms with Gasteiger partial charge in [0, 0.05) is 18.4 Å². The lowest BCUT2D eigenvalue weighted by Gasteiger charge is -2.20. The Balaban J connectivity index is 2.02. The topological polar surface area (TPSA) is 95.4 Å². The van der Waals surface area contributed by atoms with Crippen LogP contribution in [-0.2, 0) is 14.6 Å². The van der Waals surface area contributed by atoms with Gasteiger partial charge in [-0.15, -0.1) is 0 Å². The zero-order valence-electron chi connectivity index (χ0n) is 10.2. The van der Waals surface area contributed by atoms with E-state index in [2.05, 4.69) is 4.98 Å². The van der Waals surface area contributed by atoms with Crippen LogP contribution >= 0.6 is 0 Å². The van der Waals surface area contributed by atoms with E-state index in [1.54, 1.807) is 18.2 Å². The number of benzene rings is 1. The minimum Gasteiger partial charge on any atom is -0.428 e. The summed E-state index contributed by atoms with van der Waals surface area (Å²) in [7, 11) is -3.58. The Bertz CT molecular complexity index is 702. The van der Waals surface area contributed by atoms with Crippen LogP contribution in [-0.4, -0.2) is 31.9 Å². The molecule has 0 aliphatic carbocycles. The molecule has 19 heavy (non-hydrogen) atoms. The lowest BCUT2D eigenvalue weighted by atomic mass is 10.2. The van der Waals surface area contributed by atoms with E-state index in [0.717, 1.165) is 6.42 Å². The standard InChI is InChI=1S/C12H14N2O4S/c13-8-3-4-10-11(6-8)18-12(14-10)19(15,16)9-2-1-5-17-7-9/h3-4,6,9H,1-2,5,7,13H2. The Labute approximate surface area is 110 Å². The molecule has 7 heteroatoms. The lowest BCUT2D eigenvalue weighted by molar-refractivity contribution is 0.0986. The largest absolute Gasteiger partial charge is 0.428 e. The predicted octanol–water partition coefficient (Wildman–Crippen LogP) is 1.36. The number of aromatic nitrogens is 1. The SMILES string of the molecule is Nc1ccc2nc(S(=O)(=O)C3CCCOC3)oc2c1. The summed E-state index contributed by atoms with van der Waals surface area (Å²) in [6, 6.07) is 4.87. The molecule has 1 aliphatic heterocycles. The Morgan fingerprint density at radius 3 is 2.95 bits per heavy atom. The monoisotopic (exact) mass is 282 g/mol. The van der Waals surface area contributed by atoms with E-state index in [1.807, 2.05) is 0 Å². The molecule has 2 heterocycles. The van der Waals surface area contributed by atoms with Gasteiger partial charge in [0.2, 0.25) is 9.84 Å². The zero-order chi connectivity index (χ0) is 13.5. The second-order valence-electron chi connectivity index (χ2n) is 4.59. The van der Waals surface area contributed by atoms with Crippen LogP contribution in [0.4, 0.5) is 5.69 Å². The molecule has 0 radical (unpaired) electrons. The lowest BCUT2D eigenvalue weighted by Crippen LogP contribution is -2.31. The third-order valence-electron chi connectivity index (χ3n) is 3.19. The quantitative estimate of drug-likeness (QED) is 0.836. The Morgan fingerprint density at radius 2 is 2.21 bits per heavy atom. The first-order chi connectivity index (χ1) is 9.07. The summed E-state index contributed by atoms with van der Waals surface area (Å²) in [5, 5.41) is -0.824. The van der Waals surface area contributed by atoms with Crippen molar-refractivity contribution in [2.45, 2.75) is 23.3 Å². The maximum absolute atomic E-state index is 12.4. The molecule has 2 N–H and O–H groups in total. The number of ether oxygens (including phenoxy) is 1. The van der Waals surface area contributed by atoms with E-state index in [0.29, 0.717) is 29.8 Å². The van der Waals surface area contributed by atoms with Crippen LogP contribution in [0, 0.1) is 0 Å². The van der Waals surface area contributed by atoms with E-state index in [-0.39, 0.29) is 11.8 Å². The summed E-state index contributed by atoms with van der Waals surface area (Å²) in [6.45, 7) is 0.805. The van der Waals surface area contributed by atoms with Gasteiger partial charge >= 0.3 is 5.22 Å². The number of anilines is 1. The fraction of sp³-hybridized carbons (Fsp3) is 0.417. The van der Waals surface area contributed by atoms with Crippen molar-refractivity contribution in [1.29, 1.82) is 0 Å². The summed E-state index contributed by atoms with van der Waals surface area (Å²) in [5.41, 5.74) is 7.01. The van der Waals surface area contributed by atoms with Gasteiger partial charge in [0.05, 0.1) is 11.9 Å². The minimum absolute atomic E-state index is 0.198. The number of sulfone groups is 1. The second-order valence-corrected chi connectivity index (χ2v) is 6.70. The van der Waals surface area contributed by atoms with Crippen molar-refractivity contribution >= 4 is 26.6 Å². The summed E-state index contributed by atoms with van der Waals surface area (Å²) < 4.78 is 35.3. The fourth-order valence-electron chi connectivity index (χ4n) is 2.14. The van der Waals surface area contributed by atoms with Gasteiger partial charge in [-0.05, 0) is 25.0 Å². The molecule has 1 saturated heterocycles. The van der Waals surface area contributed by atoms with Crippen LogP contribution in [0.1, 0.15) is 12.8 Å². The van der Waals surface area contributed by atoms with Gasteiger partial charge in [0.1, 0.15) is 5.52 Å². The maximum atomic E-state index is 12.4. The Morgan fingerprint density at radius 1 is 1.37 bits per heavy atom. The minimum atomic E-state index is -3.58. The highest BCUT2D eigenvalue weighted by molar-refractivity contribution is 7.91. The first-order valence-corrected chi connectivity index (χ1v) is 7.60. The maximum Gasteiger partial charge on any atom is 0.316 e. The molecule has 0 saturated carbocycles. The summed E-state index contributed by atoms with van der Waals surface area (Å²) in [6.07, 6.45) is 1.31. The third kappa shape index (κ3) is 2.19. The second kappa shape index (κ2) is 4.50. The van der Waals surface area contributed by atoms with E-state index in [4.69, 9.17) is 14.9 Å². The smallest absolute Gasteiger partial charge is 0.316 e. The summed E-state index contributed by atoms with van der Waals surface area (Å²) in [5.74, 6) is 0. The summed E-state index contributed by atoms with van der Waals surface area (Å²) in [4.78, 5) is 4.03. The molecule has 1 aromatic heterocycles. The van der Waals surface area contributed by atoms with Gasteiger partial charge in [-0.3, -0.25) is 0 Å². The van der Waals surface area contributed by atoms with Gasteiger partial charge in [0.25, 0.3) is 0 Å². The summed E-state index contributed by atoms with van der Waals surface area (Å²) >= 11 is 0. The van der Waals surface area contributed by atoms with Crippen molar-refractivity contribution in [2.24, 2.45) is 0 Å². The number of hydrogen-bond acceptors (Lipinski definition) is 6. The molecule has 1 atom stereocenters. The van der Waals surface area contributed by atoms with Gasteiger partial charge in [-0.25, -0.2) is 8.42 Å². The van der Waals surface area contributed by atoms with Crippen molar-refractivity contribution in [3.8, 4) is 0 Å². The number of nitrogen functional groups attached to an aromatic ring is 1. The molecule has 2 aromatic rings. The number of rotatable bonds is 2. The zero-order valence-corrected chi connectivity index (χ0v) is 11.0. The van der Waals surface area contributed by atoms with Crippen molar-refractivity contribution < 1.29 is 17.6 Å². The number of hydrogen-bond donors (Lipinski definition) is 1. The highest BCUT2D eigenvalue weighted by atomic mass is 32.2. The molecule has 1 fully saturated rings. The molecule has 0 amide bonds. The molecule has 1 unspecified atom stereocenters. The number of oxazole rings is 1. The van der Waals surface area contributed by atoms with E-state index < -0.39 is 15.1 Å². The Kier molecular flexibility index (Phi) is 2.94. The van der Waals surface area contributed by atoms with Crippen LogP contribution in [0.3, 0.4) is 0 Å². The predicted molar refractivity (Wildman–Crippen MR) is 69.4 cm³/mol. The molecule has 3 rings (SSSR count). The normalized spacial score (nSPS) is 20.7. The first-order valence-electron chi connectivity index (χ1n) is 6.05. The molecule has 102 valence electrons. The van der Waals surface area contributed by atoms with Crippen molar-refractivity contribution in [3.63, 3.8) is 0 Å². The number of nitrogens with two attached hydrogens (primary N) is 1. The van der Waals surface area contributed by atoms with Crippen LogP contribution in [0.25, 0.3) is 11.1 Å². The Hall–Kier alpha value is -1.60. The molecule has 1 aliphatic rings. The third-order valence-corrected chi connectivity index (χ3v) is 5.10. The highest BCUT2D eigenvalue weighted by Crippen LogP contribution is 2.26. The van der Waals surface area contributed by atoms with Gasteiger partial charge < -0.3 is 14.9 Å². The van der Waals surface area contributed by atoms with E-state index >= 15 is 0 Å². The molecular weight excluding hydrogens is 268 g/mol. The van der Waals surface area contributed by atoms with Gasteiger partial charge in [-0.2, -0.15) is 4.98 Å². The van der Waals surface area contributed by atoms with Crippen LogP contribution in [0.15, 0.2) is 27.8 Å². The average molecular weight is 282 g/mol. The van der Waals surface area contributed by atoms with Crippen molar-refractivity contribution in [2.75, 3.05) is 18.9 Å². The van der Waals surface area contributed by atoms with Crippen molar-refractivity contribution in [1.82, 2.24) is 4.98 Å². The van der Waals surface area contributed by atoms with Crippen LogP contribution in [0.5, 0.6) is 0 Å². The van der Waals surface area contributed by atoms with Crippen LogP contribution < -0.4 is 5.73 Å². The van der Waals surface area contributed by atoms with Crippen LogP contribution in [0.2, 0.25) is 0 Å². The van der Waals surface area contributed by atoms with Gasteiger partial charge in [0.15, 0.2) is 5.58 Å². The number of fused-ring (bicyclic) bond motifs is 1. The highest BCUT2D eigenvalue weighted by Gasteiger charge is 2.33. The van der Waals surface area contributed by atoms with E-state index in [9.17, 15) is 8.42 Å². The van der Waals surface area contributed by atoms with Gasteiger partial charge in [-0.1, -0.05) is 0 Å².